The van der Waals surface area contributed by atoms with Crippen molar-refractivity contribution in [1.82, 2.24) is 25.2 Å². The second kappa shape index (κ2) is 12.1. The van der Waals surface area contributed by atoms with Crippen molar-refractivity contribution in [1.29, 1.82) is 0 Å². The summed E-state index contributed by atoms with van der Waals surface area (Å²) in [5.74, 6) is 1.85. The summed E-state index contributed by atoms with van der Waals surface area (Å²) >= 11 is 0. The van der Waals surface area contributed by atoms with Gasteiger partial charge in [0.2, 0.25) is 0 Å². The highest BCUT2D eigenvalue weighted by atomic mass is 127. The van der Waals surface area contributed by atoms with E-state index in [9.17, 15) is 4.39 Å². The molecule has 0 amide bonds. The van der Waals surface area contributed by atoms with Gasteiger partial charge in [0, 0.05) is 25.1 Å². The van der Waals surface area contributed by atoms with Crippen LogP contribution in [0.5, 0.6) is 5.75 Å². The molecule has 0 fully saturated rings. The number of hydrogen-bond acceptors (Lipinski definition) is 4. The smallest absolute Gasteiger partial charge is 0.191 e. The van der Waals surface area contributed by atoms with Crippen LogP contribution in [-0.4, -0.2) is 39.7 Å². The van der Waals surface area contributed by atoms with E-state index in [0.29, 0.717) is 24.8 Å². The number of nitrogens with one attached hydrogen (secondary N) is 2. The van der Waals surface area contributed by atoms with Crippen LogP contribution in [0.3, 0.4) is 0 Å². The highest BCUT2D eigenvalue weighted by Crippen LogP contribution is 2.12. The van der Waals surface area contributed by atoms with Crippen LogP contribution < -0.4 is 15.4 Å². The van der Waals surface area contributed by atoms with Gasteiger partial charge in [-0.2, -0.15) is 0 Å². The average Bonchev–Trinajstić information content (AvgIpc) is 3.27. The molecule has 2 aromatic heterocycles. The van der Waals surface area contributed by atoms with Gasteiger partial charge in [0.15, 0.2) is 5.96 Å². The second-order valence-corrected chi connectivity index (χ2v) is 6.45. The van der Waals surface area contributed by atoms with Crippen LogP contribution in [0.15, 0.2) is 66.3 Å². The summed E-state index contributed by atoms with van der Waals surface area (Å²) in [7, 11) is 0. The number of rotatable bonds is 8. The van der Waals surface area contributed by atoms with Crippen molar-refractivity contribution in [2.45, 2.75) is 26.5 Å². The van der Waals surface area contributed by atoms with Crippen LogP contribution in [0.25, 0.3) is 5.82 Å². The minimum absolute atomic E-state index is 0. The second-order valence-electron chi connectivity index (χ2n) is 6.45. The van der Waals surface area contributed by atoms with E-state index in [1.165, 1.54) is 12.1 Å². The van der Waals surface area contributed by atoms with E-state index in [4.69, 9.17) is 4.74 Å². The largest absolute Gasteiger partial charge is 0.489 e. The predicted octanol–water partition coefficient (Wildman–Crippen LogP) is 3.55. The Morgan fingerprint density at radius 3 is 2.70 bits per heavy atom. The Morgan fingerprint density at radius 2 is 2.00 bits per heavy atom. The number of imidazole rings is 1. The lowest BCUT2D eigenvalue weighted by Crippen LogP contribution is -2.41. The van der Waals surface area contributed by atoms with Gasteiger partial charge in [-0.3, -0.25) is 4.57 Å². The summed E-state index contributed by atoms with van der Waals surface area (Å²) in [5, 5.41) is 6.50. The fourth-order valence-corrected chi connectivity index (χ4v) is 2.63. The number of hydrogen-bond donors (Lipinski definition) is 2. The third kappa shape index (κ3) is 7.29. The van der Waals surface area contributed by atoms with E-state index in [0.717, 1.165) is 17.9 Å². The molecule has 3 rings (SSSR count). The number of aromatic nitrogens is 3. The first kappa shape index (κ1) is 23.6. The molecular formula is C21H26FIN6O. The summed E-state index contributed by atoms with van der Waals surface area (Å²) in [6, 6.07) is 9.92. The minimum Gasteiger partial charge on any atom is -0.489 e. The zero-order valence-corrected chi connectivity index (χ0v) is 19.3. The number of aliphatic imine (C=N–C) groups is 1. The Kier molecular flexibility index (Phi) is 9.52. The Hall–Kier alpha value is -2.69. The SMILES string of the molecule is CCNC(=NCc1ccnc(-n2ccnc2)c1)NCC(C)Oc1ccc(F)cc1.I. The molecule has 2 N–H and O–H groups in total. The summed E-state index contributed by atoms with van der Waals surface area (Å²) in [4.78, 5) is 13.0. The molecule has 160 valence electrons. The van der Waals surface area contributed by atoms with Crippen LogP contribution in [0, 0.1) is 5.82 Å². The maximum atomic E-state index is 13.0. The maximum Gasteiger partial charge on any atom is 0.191 e. The van der Waals surface area contributed by atoms with E-state index < -0.39 is 0 Å². The van der Waals surface area contributed by atoms with Gasteiger partial charge in [-0.1, -0.05) is 0 Å². The first-order chi connectivity index (χ1) is 14.1. The summed E-state index contributed by atoms with van der Waals surface area (Å²) < 4.78 is 20.6. The summed E-state index contributed by atoms with van der Waals surface area (Å²) in [5.41, 5.74) is 1.04. The standard InChI is InChI=1S/C21H25FN6O.HI/c1-3-24-21(26-13-16(2)29-19-6-4-18(22)5-7-19)27-14-17-8-9-25-20(12-17)28-11-10-23-15-28;/h4-12,15-16H,3,13-14H2,1-2H3,(H2,24,26,27);1H. The lowest BCUT2D eigenvalue weighted by Gasteiger charge is -2.17. The Morgan fingerprint density at radius 1 is 1.20 bits per heavy atom. The van der Waals surface area contributed by atoms with Gasteiger partial charge in [-0.15, -0.1) is 24.0 Å². The third-order valence-corrected chi connectivity index (χ3v) is 4.05. The van der Waals surface area contributed by atoms with E-state index in [1.54, 1.807) is 30.9 Å². The zero-order chi connectivity index (χ0) is 20.5. The fourth-order valence-electron chi connectivity index (χ4n) is 2.63. The molecular weight excluding hydrogens is 498 g/mol. The molecule has 0 saturated heterocycles. The molecule has 2 heterocycles. The molecule has 0 aliphatic carbocycles. The van der Waals surface area contributed by atoms with Gasteiger partial charge < -0.3 is 15.4 Å². The molecule has 7 nitrogen and oxygen atoms in total. The number of ether oxygens (including phenoxy) is 1. The van der Waals surface area contributed by atoms with Crippen molar-refractivity contribution in [3.63, 3.8) is 0 Å². The minimum atomic E-state index is -0.281. The van der Waals surface area contributed by atoms with Crippen molar-refractivity contribution in [3.8, 4) is 11.6 Å². The molecule has 30 heavy (non-hydrogen) atoms. The van der Waals surface area contributed by atoms with Crippen molar-refractivity contribution in [2.24, 2.45) is 4.99 Å². The fraction of sp³-hybridized carbons (Fsp3) is 0.286. The third-order valence-electron chi connectivity index (χ3n) is 4.05. The topological polar surface area (TPSA) is 76.4 Å². The first-order valence-electron chi connectivity index (χ1n) is 9.51. The van der Waals surface area contributed by atoms with Crippen molar-refractivity contribution >= 4 is 29.9 Å². The Balaban J connectivity index is 0.00000320. The van der Waals surface area contributed by atoms with E-state index >= 15 is 0 Å². The first-order valence-corrected chi connectivity index (χ1v) is 9.51. The van der Waals surface area contributed by atoms with E-state index in [-0.39, 0.29) is 35.9 Å². The lowest BCUT2D eigenvalue weighted by atomic mass is 10.2. The quantitative estimate of drug-likeness (QED) is 0.268. The molecule has 0 aliphatic heterocycles. The maximum absolute atomic E-state index is 13.0. The number of halogens is 2. The highest BCUT2D eigenvalue weighted by Gasteiger charge is 2.06. The summed E-state index contributed by atoms with van der Waals surface area (Å²) in [6.07, 6.45) is 6.93. The van der Waals surface area contributed by atoms with E-state index in [1.807, 2.05) is 36.7 Å². The van der Waals surface area contributed by atoms with Crippen molar-refractivity contribution in [3.05, 3.63) is 72.7 Å². The molecule has 0 aliphatic rings. The molecule has 0 bridgehead atoms. The molecule has 0 saturated carbocycles. The van der Waals surface area contributed by atoms with Crippen LogP contribution in [-0.2, 0) is 6.54 Å². The molecule has 1 atom stereocenters. The Bertz CT molecular complexity index is 918. The molecule has 1 aromatic carbocycles. The monoisotopic (exact) mass is 524 g/mol. The average molecular weight is 524 g/mol. The van der Waals surface area contributed by atoms with Gasteiger partial charge in [0.1, 0.15) is 29.8 Å². The van der Waals surface area contributed by atoms with Gasteiger partial charge in [-0.05, 0) is 55.8 Å². The predicted molar refractivity (Wildman–Crippen MR) is 126 cm³/mol. The van der Waals surface area contributed by atoms with Gasteiger partial charge in [-0.25, -0.2) is 19.4 Å². The van der Waals surface area contributed by atoms with Crippen molar-refractivity contribution < 1.29 is 9.13 Å². The van der Waals surface area contributed by atoms with Gasteiger partial charge in [0.05, 0.1) is 13.1 Å². The molecule has 3 aromatic rings. The molecule has 1 unspecified atom stereocenters. The number of benzene rings is 1. The lowest BCUT2D eigenvalue weighted by molar-refractivity contribution is 0.223. The van der Waals surface area contributed by atoms with Gasteiger partial charge >= 0.3 is 0 Å². The highest BCUT2D eigenvalue weighted by molar-refractivity contribution is 14.0. The normalized spacial score (nSPS) is 12.0. The van der Waals surface area contributed by atoms with Gasteiger partial charge in [0.25, 0.3) is 0 Å². The number of guanidine groups is 1. The molecule has 0 spiro atoms. The molecule has 0 radical (unpaired) electrons. The molecule has 9 heteroatoms. The van der Waals surface area contributed by atoms with E-state index in [2.05, 4.69) is 25.6 Å². The van der Waals surface area contributed by atoms with Crippen LogP contribution in [0.1, 0.15) is 19.4 Å². The number of pyridine rings is 1. The number of nitrogens with zero attached hydrogens (tertiary/aromatic N) is 4. The van der Waals surface area contributed by atoms with Crippen molar-refractivity contribution in [2.75, 3.05) is 13.1 Å². The summed E-state index contributed by atoms with van der Waals surface area (Å²) in [6.45, 7) is 5.77. The van der Waals surface area contributed by atoms with Crippen LogP contribution in [0.4, 0.5) is 4.39 Å². The zero-order valence-electron chi connectivity index (χ0n) is 17.0. The van der Waals surface area contributed by atoms with Crippen LogP contribution >= 0.6 is 24.0 Å². The Labute approximate surface area is 192 Å². The van der Waals surface area contributed by atoms with Crippen LogP contribution in [0.2, 0.25) is 0 Å².